The molecule has 0 radical (unpaired) electrons. The van der Waals surface area contributed by atoms with E-state index in [1.54, 1.807) is 0 Å². The SMILES string of the molecule is COC(=O)C(F)CN=C(N)Nc1cc(F)ccc1F. The monoisotopic (exact) mass is 275 g/mol. The largest absolute Gasteiger partial charge is 0.467 e. The first-order valence-corrected chi connectivity index (χ1v) is 5.18. The van der Waals surface area contributed by atoms with Crippen molar-refractivity contribution in [2.75, 3.05) is 19.0 Å². The Labute approximate surface area is 107 Å². The summed E-state index contributed by atoms with van der Waals surface area (Å²) < 4.78 is 43.3. The van der Waals surface area contributed by atoms with E-state index in [1.807, 2.05) is 0 Å². The van der Waals surface area contributed by atoms with Crippen LogP contribution >= 0.6 is 0 Å². The number of aliphatic imine (C=N–C) groups is 1. The van der Waals surface area contributed by atoms with Crippen molar-refractivity contribution in [1.82, 2.24) is 0 Å². The van der Waals surface area contributed by atoms with Gasteiger partial charge in [0.2, 0.25) is 6.17 Å². The number of carbonyl (C=O) groups is 1. The Hall–Kier alpha value is -2.25. The first-order valence-electron chi connectivity index (χ1n) is 5.18. The van der Waals surface area contributed by atoms with Crippen molar-refractivity contribution >= 4 is 17.6 Å². The number of nitrogens with zero attached hydrogens (tertiary/aromatic N) is 1. The van der Waals surface area contributed by atoms with Gasteiger partial charge in [0.25, 0.3) is 0 Å². The number of anilines is 1. The molecule has 8 heteroatoms. The number of hydrogen-bond acceptors (Lipinski definition) is 3. The number of ether oxygens (including phenoxy) is 1. The van der Waals surface area contributed by atoms with Crippen molar-refractivity contribution in [3.63, 3.8) is 0 Å². The predicted molar refractivity (Wildman–Crippen MR) is 63.4 cm³/mol. The van der Waals surface area contributed by atoms with Gasteiger partial charge in [0.1, 0.15) is 11.6 Å². The summed E-state index contributed by atoms with van der Waals surface area (Å²) in [6.07, 6.45) is -1.97. The molecular formula is C11H12F3N3O2. The Kier molecular flexibility index (Phi) is 5.16. The summed E-state index contributed by atoms with van der Waals surface area (Å²) in [6.45, 7) is -0.581. The third-order valence-corrected chi connectivity index (χ3v) is 2.07. The average molecular weight is 275 g/mol. The second-order valence-electron chi connectivity index (χ2n) is 3.47. The summed E-state index contributed by atoms with van der Waals surface area (Å²) >= 11 is 0. The Morgan fingerprint density at radius 1 is 1.53 bits per heavy atom. The molecule has 0 heterocycles. The quantitative estimate of drug-likeness (QED) is 0.492. The number of carbonyl (C=O) groups excluding carboxylic acids is 1. The molecule has 1 rings (SSSR count). The summed E-state index contributed by atoms with van der Waals surface area (Å²) in [7, 11) is 1.03. The van der Waals surface area contributed by atoms with Crippen LogP contribution in [0.4, 0.5) is 18.9 Å². The number of nitrogens with two attached hydrogens (primary N) is 1. The number of nitrogens with one attached hydrogen (secondary N) is 1. The smallest absolute Gasteiger partial charge is 0.342 e. The van der Waals surface area contributed by atoms with Crippen LogP contribution in [0.5, 0.6) is 0 Å². The first-order chi connectivity index (χ1) is 8.93. The molecule has 0 saturated carbocycles. The van der Waals surface area contributed by atoms with E-state index < -0.39 is 30.3 Å². The molecule has 0 bridgehead atoms. The van der Waals surface area contributed by atoms with Gasteiger partial charge in [-0.1, -0.05) is 0 Å². The van der Waals surface area contributed by atoms with Gasteiger partial charge in [0.15, 0.2) is 5.96 Å². The summed E-state index contributed by atoms with van der Waals surface area (Å²) in [5.41, 5.74) is 5.10. The Balaban J connectivity index is 2.66. The summed E-state index contributed by atoms with van der Waals surface area (Å²) in [6, 6.07) is 2.70. The first kappa shape index (κ1) is 14.8. The molecule has 104 valence electrons. The molecule has 0 aromatic heterocycles. The third-order valence-electron chi connectivity index (χ3n) is 2.07. The topological polar surface area (TPSA) is 76.7 Å². The van der Waals surface area contributed by atoms with E-state index in [0.717, 1.165) is 25.3 Å². The molecule has 1 aromatic rings. The van der Waals surface area contributed by atoms with E-state index in [2.05, 4.69) is 15.0 Å². The van der Waals surface area contributed by atoms with Crippen molar-refractivity contribution < 1.29 is 22.7 Å². The minimum absolute atomic E-state index is 0.241. The zero-order chi connectivity index (χ0) is 14.4. The molecule has 0 aliphatic heterocycles. The summed E-state index contributed by atoms with van der Waals surface area (Å²) in [4.78, 5) is 14.2. The van der Waals surface area contributed by atoms with Crippen LogP contribution < -0.4 is 11.1 Å². The van der Waals surface area contributed by atoms with Crippen LogP contribution in [0.2, 0.25) is 0 Å². The highest BCUT2D eigenvalue weighted by atomic mass is 19.1. The van der Waals surface area contributed by atoms with E-state index in [1.165, 1.54) is 0 Å². The van der Waals surface area contributed by atoms with Gasteiger partial charge in [-0.15, -0.1) is 0 Å². The van der Waals surface area contributed by atoms with Crippen LogP contribution in [0.15, 0.2) is 23.2 Å². The zero-order valence-corrected chi connectivity index (χ0v) is 9.99. The van der Waals surface area contributed by atoms with Crippen LogP contribution in [0.3, 0.4) is 0 Å². The number of rotatable bonds is 4. The second-order valence-corrected chi connectivity index (χ2v) is 3.47. The van der Waals surface area contributed by atoms with E-state index in [9.17, 15) is 18.0 Å². The molecule has 0 saturated heterocycles. The maximum Gasteiger partial charge on any atom is 0.342 e. The normalized spacial score (nSPS) is 12.9. The van der Waals surface area contributed by atoms with Gasteiger partial charge < -0.3 is 15.8 Å². The van der Waals surface area contributed by atoms with Crippen molar-refractivity contribution in [3.8, 4) is 0 Å². The lowest BCUT2D eigenvalue weighted by atomic mass is 10.3. The number of benzene rings is 1. The van der Waals surface area contributed by atoms with Crippen molar-refractivity contribution in [2.45, 2.75) is 6.17 Å². The van der Waals surface area contributed by atoms with E-state index in [0.29, 0.717) is 0 Å². The van der Waals surface area contributed by atoms with Gasteiger partial charge in [-0.05, 0) is 12.1 Å². The fourth-order valence-corrected chi connectivity index (χ4v) is 1.15. The van der Waals surface area contributed by atoms with Crippen molar-refractivity contribution in [3.05, 3.63) is 29.8 Å². The number of halogens is 3. The zero-order valence-electron chi connectivity index (χ0n) is 9.99. The standard InChI is InChI=1S/C11H12F3N3O2/c1-19-10(18)8(14)5-16-11(15)17-9-4-6(12)2-3-7(9)13/h2-4,8H,5H2,1H3,(H3,15,16,17). The molecule has 0 aliphatic carbocycles. The van der Waals surface area contributed by atoms with Crippen LogP contribution in [-0.4, -0.2) is 31.8 Å². The molecule has 1 unspecified atom stereocenters. The maximum absolute atomic E-state index is 13.2. The highest BCUT2D eigenvalue weighted by molar-refractivity contribution is 5.92. The predicted octanol–water partition coefficient (Wildman–Crippen LogP) is 1.20. The van der Waals surface area contributed by atoms with Crippen molar-refractivity contribution in [1.29, 1.82) is 0 Å². The third kappa shape index (κ3) is 4.49. The highest BCUT2D eigenvalue weighted by Crippen LogP contribution is 2.14. The summed E-state index contributed by atoms with van der Waals surface area (Å²) in [5, 5.41) is 2.26. The second kappa shape index (κ2) is 6.62. The molecule has 5 nitrogen and oxygen atoms in total. The van der Waals surface area contributed by atoms with Gasteiger partial charge in [-0.25, -0.2) is 23.0 Å². The molecule has 19 heavy (non-hydrogen) atoms. The van der Waals surface area contributed by atoms with Gasteiger partial charge >= 0.3 is 5.97 Å². The lowest BCUT2D eigenvalue weighted by Gasteiger charge is -2.07. The summed E-state index contributed by atoms with van der Waals surface area (Å²) in [5.74, 6) is -2.86. The lowest BCUT2D eigenvalue weighted by Crippen LogP contribution is -2.27. The molecular weight excluding hydrogens is 263 g/mol. The van der Waals surface area contributed by atoms with Crippen LogP contribution in [0.25, 0.3) is 0 Å². The van der Waals surface area contributed by atoms with Crippen LogP contribution in [-0.2, 0) is 9.53 Å². The van der Waals surface area contributed by atoms with E-state index >= 15 is 0 Å². The molecule has 1 aromatic carbocycles. The molecule has 0 fully saturated rings. The Bertz CT molecular complexity index is 494. The molecule has 1 atom stereocenters. The van der Waals surface area contributed by atoms with Crippen LogP contribution in [0.1, 0.15) is 0 Å². The van der Waals surface area contributed by atoms with E-state index in [-0.39, 0.29) is 11.6 Å². The van der Waals surface area contributed by atoms with Gasteiger partial charge in [0.05, 0.1) is 19.3 Å². The van der Waals surface area contributed by atoms with Crippen LogP contribution in [0, 0.1) is 11.6 Å². The minimum atomic E-state index is -1.97. The highest BCUT2D eigenvalue weighted by Gasteiger charge is 2.17. The molecule has 0 aliphatic rings. The van der Waals surface area contributed by atoms with Gasteiger partial charge in [-0.3, -0.25) is 0 Å². The van der Waals surface area contributed by atoms with E-state index in [4.69, 9.17) is 5.73 Å². The minimum Gasteiger partial charge on any atom is -0.467 e. The average Bonchev–Trinajstić information content (AvgIpc) is 2.39. The van der Waals surface area contributed by atoms with Crippen molar-refractivity contribution in [2.24, 2.45) is 10.7 Å². The van der Waals surface area contributed by atoms with Gasteiger partial charge in [-0.2, -0.15) is 0 Å². The number of guanidine groups is 1. The molecule has 0 spiro atoms. The lowest BCUT2D eigenvalue weighted by molar-refractivity contribution is -0.146. The molecule has 0 amide bonds. The number of methoxy groups -OCH3 is 1. The Morgan fingerprint density at radius 2 is 2.21 bits per heavy atom. The Morgan fingerprint density at radius 3 is 2.84 bits per heavy atom. The fraction of sp³-hybridized carbons (Fsp3) is 0.273. The molecule has 3 N–H and O–H groups in total. The number of alkyl halides is 1. The number of hydrogen-bond donors (Lipinski definition) is 2. The maximum atomic E-state index is 13.2. The number of esters is 1. The van der Waals surface area contributed by atoms with Gasteiger partial charge in [0, 0.05) is 6.07 Å². The fourth-order valence-electron chi connectivity index (χ4n) is 1.15.